The minimum absolute atomic E-state index is 0. The summed E-state index contributed by atoms with van der Waals surface area (Å²) in [5.41, 5.74) is 0. The Balaban J connectivity index is -0.0000000300. The van der Waals surface area contributed by atoms with Crippen molar-refractivity contribution < 1.29 is 20.6 Å². The molecule has 0 aliphatic carbocycles. The molecule has 0 atom stereocenters. The second-order valence-corrected chi connectivity index (χ2v) is 0.476. The predicted octanol–water partition coefficient (Wildman–Crippen LogP) is -1.45. The maximum atomic E-state index is 8.36. The molecule has 0 aromatic rings. The molecular weight excluding hydrogens is 162 g/mol. The van der Waals surface area contributed by atoms with Crippen LogP contribution in [-0.4, -0.2) is 43.6 Å². The molecule has 0 bridgehead atoms. The van der Waals surface area contributed by atoms with Gasteiger partial charge in [0.15, 0.2) is 0 Å². The van der Waals surface area contributed by atoms with Gasteiger partial charge in [0.2, 0.25) is 0 Å². The van der Waals surface area contributed by atoms with Gasteiger partial charge in [-0.15, -0.1) is 20.2 Å². The van der Waals surface area contributed by atoms with Crippen molar-refractivity contribution >= 4 is 23.1 Å². The summed E-state index contributed by atoms with van der Waals surface area (Å²) in [6.45, 7) is 0. The van der Waals surface area contributed by atoms with Crippen LogP contribution in [0.25, 0.3) is 0 Å². The van der Waals surface area contributed by atoms with Crippen molar-refractivity contribution in [3.05, 3.63) is 20.2 Å². The zero-order valence-electron chi connectivity index (χ0n) is 4.13. The van der Waals surface area contributed by atoms with Crippen LogP contribution in [0.2, 0.25) is 0 Å². The van der Waals surface area contributed by atoms with Crippen molar-refractivity contribution in [2.75, 3.05) is 0 Å². The fraction of sp³-hybridized carbons (Fsp3) is 0. The van der Waals surface area contributed by atoms with Gasteiger partial charge in [0.1, 0.15) is 0 Å². The van der Waals surface area contributed by atoms with E-state index >= 15 is 0 Å². The average molecular weight is 169 g/mol. The molecular formula is H7MgN3O6. The molecule has 0 rings (SSSR count). The molecule has 10 heavy (non-hydrogen) atoms. The highest BCUT2D eigenvalue weighted by molar-refractivity contribution is 5.75. The zero-order valence-corrected chi connectivity index (χ0v) is 4.13. The van der Waals surface area contributed by atoms with Crippen LogP contribution < -0.4 is 6.15 Å². The molecule has 0 unspecified atom stereocenters. The van der Waals surface area contributed by atoms with Gasteiger partial charge in [0.05, 0.1) is 0 Å². The summed E-state index contributed by atoms with van der Waals surface area (Å²) < 4.78 is 0. The molecule has 0 aromatic heterocycles. The summed E-state index contributed by atoms with van der Waals surface area (Å²) in [7, 11) is 0. The van der Waals surface area contributed by atoms with Gasteiger partial charge in [0.25, 0.3) is 10.2 Å². The number of hydrogen-bond donors (Lipinski definition) is 3. The van der Waals surface area contributed by atoms with Crippen molar-refractivity contribution in [1.29, 1.82) is 0 Å². The maximum Gasteiger partial charge on any atom is 0.316 e. The molecule has 0 aliphatic rings. The van der Waals surface area contributed by atoms with Gasteiger partial charge in [-0.2, -0.15) is 0 Å². The molecule has 10 heteroatoms. The van der Waals surface area contributed by atoms with Crippen LogP contribution in [0.15, 0.2) is 0 Å². The van der Waals surface area contributed by atoms with Crippen LogP contribution in [0.5, 0.6) is 0 Å². The SMILES string of the molecule is N.O=[N+]([O-])O.O=[N+]([O-])O.[MgH2]. The molecule has 0 aliphatic heterocycles. The van der Waals surface area contributed by atoms with E-state index in [0.717, 1.165) is 0 Å². The Bertz CT molecular complexity index is 71.0. The third kappa shape index (κ3) is 350. The Morgan fingerprint density at radius 3 is 1.00 bits per heavy atom. The first kappa shape index (κ1) is 22.9. The lowest BCUT2D eigenvalue weighted by atomic mass is 13.1. The van der Waals surface area contributed by atoms with Crippen LogP contribution in [0.1, 0.15) is 0 Å². The average Bonchev–Trinajstić information content (AvgIpc) is 1.25. The van der Waals surface area contributed by atoms with E-state index in [0.29, 0.717) is 0 Å². The van der Waals surface area contributed by atoms with E-state index in [1.54, 1.807) is 0 Å². The van der Waals surface area contributed by atoms with E-state index in [4.69, 9.17) is 30.6 Å². The van der Waals surface area contributed by atoms with Crippen LogP contribution in [0, 0.1) is 20.2 Å². The largest absolute Gasteiger partial charge is 0.344 e. The summed E-state index contributed by atoms with van der Waals surface area (Å²) in [4.78, 5) is 16.7. The van der Waals surface area contributed by atoms with E-state index in [-0.39, 0.29) is 29.2 Å². The van der Waals surface area contributed by atoms with E-state index in [1.165, 1.54) is 0 Å². The molecule has 5 N–H and O–H groups in total. The summed E-state index contributed by atoms with van der Waals surface area (Å²) >= 11 is 0. The van der Waals surface area contributed by atoms with Crippen molar-refractivity contribution in [2.24, 2.45) is 0 Å². The van der Waals surface area contributed by atoms with Gasteiger partial charge >= 0.3 is 23.1 Å². The lowest BCUT2D eigenvalue weighted by Gasteiger charge is -1.56. The third-order valence-corrected chi connectivity index (χ3v) is 0. The monoisotopic (exact) mass is 169 g/mol. The molecule has 60 valence electrons. The lowest BCUT2D eigenvalue weighted by molar-refractivity contribution is -0.742. The summed E-state index contributed by atoms with van der Waals surface area (Å²) in [6.07, 6.45) is 0. The van der Waals surface area contributed by atoms with Gasteiger partial charge in [-0.3, -0.25) is 0 Å². The van der Waals surface area contributed by atoms with E-state index in [1.807, 2.05) is 0 Å². The molecule has 0 saturated heterocycles. The van der Waals surface area contributed by atoms with E-state index in [2.05, 4.69) is 0 Å². The fourth-order valence-electron chi connectivity index (χ4n) is 0. The van der Waals surface area contributed by atoms with Gasteiger partial charge < -0.3 is 16.6 Å². The highest BCUT2D eigenvalue weighted by Crippen LogP contribution is 1.38. The van der Waals surface area contributed by atoms with Crippen molar-refractivity contribution in [1.82, 2.24) is 6.15 Å². The minimum Gasteiger partial charge on any atom is -0.344 e. The summed E-state index contributed by atoms with van der Waals surface area (Å²) in [5.74, 6) is 0. The first-order chi connectivity index (χ1) is 3.46. The molecule has 9 nitrogen and oxygen atoms in total. The Morgan fingerprint density at radius 2 is 1.00 bits per heavy atom. The van der Waals surface area contributed by atoms with Gasteiger partial charge in [0, 0.05) is 0 Å². The quantitative estimate of drug-likeness (QED) is 0.227. The molecule has 0 fully saturated rings. The van der Waals surface area contributed by atoms with Crippen molar-refractivity contribution in [3.8, 4) is 0 Å². The fourth-order valence-corrected chi connectivity index (χ4v) is 0. The summed E-state index contributed by atoms with van der Waals surface area (Å²) in [6, 6.07) is 0. The number of hydrogen-bond acceptors (Lipinski definition) is 5. The Morgan fingerprint density at radius 1 is 1.00 bits per heavy atom. The van der Waals surface area contributed by atoms with Crippen LogP contribution in [0.3, 0.4) is 0 Å². The summed E-state index contributed by atoms with van der Waals surface area (Å²) in [5, 5.41) is 27.3. The smallest absolute Gasteiger partial charge is 0.316 e. The number of rotatable bonds is 0. The molecule has 0 saturated carbocycles. The van der Waals surface area contributed by atoms with Crippen molar-refractivity contribution in [3.63, 3.8) is 0 Å². The van der Waals surface area contributed by atoms with E-state index < -0.39 is 10.2 Å². The minimum atomic E-state index is -1.50. The Labute approximate surface area is 70.6 Å². The third-order valence-electron chi connectivity index (χ3n) is 0. The molecule has 0 aromatic carbocycles. The van der Waals surface area contributed by atoms with Gasteiger partial charge in [-0.05, 0) is 0 Å². The van der Waals surface area contributed by atoms with Crippen molar-refractivity contribution in [2.45, 2.75) is 0 Å². The predicted molar refractivity (Wildman–Crippen MR) is 31.1 cm³/mol. The lowest BCUT2D eigenvalue weighted by Crippen LogP contribution is -1.81. The Kier molecular flexibility index (Phi) is 36.0. The molecule has 0 amide bonds. The first-order valence-electron chi connectivity index (χ1n) is 1.13. The molecule has 0 spiro atoms. The first-order valence-corrected chi connectivity index (χ1v) is 1.13. The number of nitrogens with zero attached hydrogens (tertiary/aromatic N) is 2. The second kappa shape index (κ2) is 15.7. The Hall–Kier alpha value is -0.874. The van der Waals surface area contributed by atoms with Crippen LogP contribution in [0.4, 0.5) is 0 Å². The van der Waals surface area contributed by atoms with Crippen LogP contribution in [-0.2, 0) is 0 Å². The van der Waals surface area contributed by atoms with E-state index in [9.17, 15) is 0 Å². The topological polar surface area (TPSA) is 162 Å². The zero-order chi connectivity index (χ0) is 7.15. The normalized spacial score (nSPS) is 4.80. The highest BCUT2D eigenvalue weighted by Gasteiger charge is 1.65. The highest BCUT2D eigenvalue weighted by atomic mass is 24.3. The second-order valence-electron chi connectivity index (χ2n) is 0.476. The van der Waals surface area contributed by atoms with Crippen LogP contribution >= 0.6 is 0 Å². The van der Waals surface area contributed by atoms with Gasteiger partial charge in [-0.25, -0.2) is 0 Å². The van der Waals surface area contributed by atoms with Gasteiger partial charge in [-0.1, -0.05) is 0 Å². The molecule has 0 radical (unpaired) electrons. The molecule has 0 heterocycles. The standard InChI is InChI=1S/Mg.2HNO3.H3N.2H/c;2*2-1(3)4;;;/h;2*(H,2,3,4);1H3;;. The maximum absolute atomic E-state index is 8.36.